The lowest BCUT2D eigenvalue weighted by Crippen LogP contribution is -1.91. The summed E-state index contributed by atoms with van der Waals surface area (Å²) in [4.78, 5) is 0. The number of aryl methyl sites for hydroxylation is 1. The van der Waals surface area contributed by atoms with Crippen LogP contribution in [-0.2, 0) is 0 Å². The molecule has 0 fully saturated rings. The van der Waals surface area contributed by atoms with E-state index < -0.39 is 6.86 Å². The van der Waals surface area contributed by atoms with Gasteiger partial charge in [0.05, 0.1) is 5.02 Å². The minimum atomic E-state index is -0.903. The van der Waals surface area contributed by atoms with Crippen LogP contribution in [0.4, 0.5) is 4.39 Å². The molecule has 0 spiro atoms. The summed E-state index contributed by atoms with van der Waals surface area (Å²) in [5.41, 5.74) is 0.882. The van der Waals surface area contributed by atoms with E-state index in [1.165, 1.54) is 0 Å². The average Bonchev–Trinajstić information content (AvgIpc) is 2.00. The van der Waals surface area contributed by atoms with E-state index in [4.69, 9.17) is 23.2 Å². The molecule has 0 aliphatic heterocycles. The maximum absolute atomic E-state index is 11.8. The van der Waals surface area contributed by atoms with Gasteiger partial charge in [-0.2, -0.15) is 0 Å². The van der Waals surface area contributed by atoms with Gasteiger partial charge in [0.15, 0.2) is 0 Å². The lowest BCUT2D eigenvalue weighted by atomic mass is 10.2. The largest absolute Gasteiger partial charge is 0.461 e. The van der Waals surface area contributed by atoms with Crippen molar-refractivity contribution in [2.24, 2.45) is 0 Å². The van der Waals surface area contributed by atoms with Crippen LogP contribution in [0.1, 0.15) is 5.56 Å². The first kappa shape index (κ1) is 9.62. The summed E-state index contributed by atoms with van der Waals surface area (Å²) in [6.45, 7) is 0.923. The molecule has 12 heavy (non-hydrogen) atoms. The van der Waals surface area contributed by atoms with Crippen LogP contribution in [0.2, 0.25) is 10.0 Å². The van der Waals surface area contributed by atoms with E-state index >= 15 is 0 Å². The fourth-order valence-corrected chi connectivity index (χ4v) is 1.29. The molecule has 0 unspecified atom stereocenters. The Morgan fingerprint density at radius 3 is 2.67 bits per heavy atom. The van der Waals surface area contributed by atoms with Crippen LogP contribution in [0.25, 0.3) is 0 Å². The number of benzene rings is 1. The van der Waals surface area contributed by atoms with Crippen LogP contribution in [0.5, 0.6) is 5.75 Å². The van der Waals surface area contributed by atoms with Gasteiger partial charge < -0.3 is 4.74 Å². The van der Waals surface area contributed by atoms with E-state index in [2.05, 4.69) is 4.74 Å². The second-order valence-corrected chi connectivity index (χ2v) is 3.10. The van der Waals surface area contributed by atoms with Gasteiger partial charge in [-0.15, -0.1) is 0 Å². The van der Waals surface area contributed by atoms with E-state index in [-0.39, 0.29) is 10.8 Å². The summed E-state index contributed by atoms with van der Waals surface area (Å²) in [5.74, 6) is 0.282. The van der Waals surface area contributed by atoms with Gasteiger partial charge >= 0.3 is 0 Å². The number of ether oxygens (including phenoxy) is 1. The average molecular weight is 209 g/mol. The van der Waals surface area contributed by atoms with Crippen molar-refractivity contribution in [3.63, 3.8) is 0 Å². The molecule has 0 bridgehead atoms. The third-order valence-electron chi connectivity index (χ3n) is 1.35. The molecule has 0 radical (unpaired) electrons. The summed E-state index contributed by atoms with van der Waals surface area (Å²) in [6, 6.07) is 3.32. The van der Waals surface area contributed by atoms with E-state index in [0.717, 1.165) is 5.56 Å². The number of halogens is 3. The van der Waals surface area contributed by atoms with Crippen molar-refractivity contribution in [2.75, 3.05) is 6.86 Å². The molecule has 0 amide bonds. The second kappa shape index (κ2) is 3.97. The molecule has 4 heteroatoms. The van der Waals surface area contributed by atoms with Crippen LogP contribution >= 0.6 is 23.2 Å². The third-order valence-corrected chi connectivity index (χ3v) is 2.13. The van der Waals surface area contributed by atoms with Crippen molar-refractivity contribution >= 4 is 23.2 Å². The molecule has 1 aromatic rings. The van der Waals surface area contributed by atoms with Crippen molar-refractivity contribution in [1.82, 2.24) is 0 Å². The monoisotopic (exact) mass is 208 g/mol. The fraction of sp³-hybridized carbons (Fsp3) is 0.250. The predicted octanol–water partition coefficient (Wildman–Crippen LogP) is 3.61. The van der Waals surface area contributed by atoms with Gasteiger partial charge in [0.1, 0.15) is 10.8 Å². The van der Waals surface area contributed by atoms with Gasteiger partial charge in [-0.3, -0.25) is 0 Å². The maximum atomic E-state index is 11.8. The van der Waals surface area contributed by atoms with Crippen LogP contribution in [0, 0.1) is 6.92 Å². The van der Waals surface area contributed by atoms with Crippen molar-refractivity contribution in [1.29, 1.82) is 0 Å². The van der Waals surface area contributed by atoms with Crippen molar-refractivity contribution in [3.8, 4) is 5.75 Å². The Morgan fingerprint density at radius 2 is 2.08 bits per heavy atom. The highest BCUT2D eigenvalue weighted by Gasteiger charge is 2.06. The molecule has 1 nitrogen and oxygen atoms in total. The standard InChI is InChI=1S/C8H7Cl2FO/c1-5-2-6(9)8(10)7(3-5)12-4-11/h2-3H,4H2,1H3. The molecule has 0 saturated carbocycles. The summed E-state index contributed by atoms with van der Waals surface area (Å²) in [5, 5.41) is 0.625. The maximum Gasteiger partial charge on any atom is 0.228 e. The molecule has 0 aliphatic rings. The van der Waals surface area contributed by atoms with Crippen LogP contribution < -0.4 is 4.74 Å². The smallest absolute Gasteiger partial charge is 0.228 e. The highest BCUT2D eigenvalue weighted by Crippen LogP contribution is 2.33. The number of hydrogen-bond donors (Lipinski definition) is 0. The van der Waals surface area contributed by atoms with Gasteiger partial charge in [0, 0.05) is 0 Å². The molecule has 0 heterocycles. The van der Waals surface area contributed by atoms with Gasteiger partial charge in [0.2, 0.25) is 6.86 Å². The molecular weight excluding hydrogens is 202 g/mol. The first-order valence-electron chi connectivity index (χ1n) is 3.29. The van der Waals surface area contributed by atoms with E-state index in [9.17, 15) is 4.39 Å². The summed E-state index contributed by atoms with van der Waals surface area (Å²) in [7, 11) is 0. The Balaban J connectivity index is 3.09. The molecule has 0 aromatic heterocycles. The fourth-order valence-electron chi connectivity index (χ4n) is 0.857. The van der Waals surface area contributed by atoms with E-state index in [1.807, 2.05) is 6.92 Å². The highest BCUT2D eigenvalue weighted by atomic mass is 35.5. The van der Waals surface area contributed by atoms with Crippen molar-refractivity contribution in [2.45, 2.75) is 6.92 Å². The highest BCUT2D eigenvalue weighted by molar-refractivity contribution is 6.43. The first-order chi connectivity index (χ1) is 5.65. The number of hydrogen-bond acceptors (Lipinski definition) is 1. The van der Waals surface area contributed by atoms with Gasteiger partial charge in [-0.1, -0.05) is 23.2 Å². The van der Waals surface area contributed by atoms with Crippen LogP contribution in [0.15, 0.2) is 12.1 Å². The normalized spacial score (nSPS) is 10.0. The molecule has 1 rings (SSSR count). The minimum Gasteiger partial charge on any atom is -0.461 e. The molecule has 66 valence electrons. The topological polar surface area (TPSA) is 9.23 Å². The summed E-state index contributed by atoms with van der Waals surface area (Å²) in [6.07, 6.45) is 0. The Bertz CT molecular complexity index is 289. The SMILES string of the molecule is Cc1cc(Cl)c(Cl)c(OCF)c1. The van der Waals surface area contributed by atoms with Crippen molar-refractivity contribution < 1.29 is 9.13 Å². The van der Waals surface area contributed by atoms with E-state index in [1.54, 1.807) is 12.1 Å². The molecule has 0 N–H and O–H groups in total. The molecule has 1 aromatic carbocycles. The predicted molar refractivity (Wildman–Crippen MR) is 47.8 cm³/mol. The molecule has 0 atom stereocenters. The summed E-state index contributed by atoms with van der Waals surface area (Å²) < 4.78 is 16.4. The van der Waals surface area contributed by atoms with E-state index in [0.29, 0.717) is 5.02 Å². The number of alkyl halides is 1. The first-order valence-corrected chi connectivity index (χ1v) is 4.05. The quantitative estimate of drug-likeness (QED) is 0.722. The zero-order valence-corrected chi connectivity index (χ0v) is 7.92. The zero-order chi connectivity index (χ0) is 9.14. The number of rotatable bonds is 2. The Hall–Kier alpha value is -0.470. The third kappa shape index (κ3) is 2.02. The Morgan fingerprint density at radius 1 is 1.42 bits per heavy atom. The Kier molecular flexibility index (Phi) is 3.18. The van der Waals surface area contributed by atoms with Gasteiger partial charge in [-0.25, -0.2) is 4.39 Å². The lowest BCUT2D eigenvalue weighted by molar-refractivity contribution is 0.192. The molecule has 0 saturated heterocycles. The van der Waals surface area contributed by atoms with Crippen molar-refractivity contribution in [3.05, 3.63) is 27.7 Å². The summed E-state index contributed by atoms with van der Waals surface area (Å²) >= 11 is 11.4. The minimum absolute atomic E-state index is 0.250. The van der Waals surface area contributed by atoms with Gasteiger partial charge in [0.25, 0.3) is 0 Å². The van der Waals surface area contributed by atoms with Crippen LogP contribution in [0.3, 0.4) is 0 Å². The van der Waals surface area contributed by atoms with Gasteiger partial charge in [-0.05, 0) is 24.6 Å². The Labute approximate surface area is 80.0 Å². The zero-order valence-electron chi connectivity index (χ0n) is 6.40. The second-order valence-electron chi connectivity index (χ2n) is 2.31. The molecular formula is C8H7Cl2FO. The lowest BCUT2D eigenvalue weighted by Gasteiger charge is -2.06. The molecule has 0 aliphatic carbocycles. The van der Waals surface area contributed by atoms with Crippen LogP contribution in [-0.4, -0.2) is 6.86 Å².